The number of rotatable bonds is 2. The first-order valence-corrected chi connectivity index (χ1v) is 16.3. The Morgan fingerprint density at radius 1 is 0.568 bits per heavy atom. The van der Waals surface area contributed by atoms with Crippen LogP contribution < -0.4 is 45.7 Å². The Balaban J connectivity index is 0.000000158. The van der Waals surface area contributed by atoms with E-state index in [2.05, 4.69) is 137 Å². The Labute approximate surface area is 288 Å². The predicted molar refractivity (Wildman–Crippen MR) is 178 cm³/mol. The van der Waals surface area contributed by atoms with Crippen molar-refractivity contribution in [1.82, 2.24) is 0 Å². The zero-order valence-electron chi connectivity index (χ0n) is 25.7. The van der Waals surface area contributed by atoms with Crippen LogP contribution in [0.4, 0.5) is 0 Å². The second-order valence-electron chi connectivity index (χ2n) is 11.8. The molecule has 0 radical (unpaired) electrons. The van der Waals surface area contributed by atoms with E-state index >= 15 is 0 Å². The molecule has 0 atom stereocenters. The molecule has 8 rings (SSSR count). The van der Waals surface area contributed by atoms with E-state index in [4.69, 9.17) is 0 Å². The number of hydrogen-bond acceptors (Lipinski definition) is 0. The smallest absolute Gasteiger partial charge is 0.0296 e. The van der Waals surface area contributed by atoms with Crippen molar-refractivity contribution in [2.75, 3.05) is 0 Å². The topological polar surface area (TPSA) is 0 Å². The summed E-state index contributed by atoms with van der Waals surface area (Å²) in [4.78, 5) is 0. The molecule has 0 fully saturated rings. The molecule has 0 nitrogen and oxygen atoms in total. The minimum Gasteiger partial charge on any atom is -1.00 e. The Hall–Kier alpha value is -2.83. The molecule has 0 spiro atoms. The first kappa shape index (κ1) is 34.1. The average molecular weight is 691 g/mol. The molecule has 44 heavy (non-hydrogen) atoms. The molecule has 0 bridgehead atoms. The molecule has 0 heterocycles. The van der Waals surface area contributed by atoms with Crippen LogP contribution in [0.5, 0.6) is 0 Å². The van der Waals surface area contributed by atoms with Gasteiger partial charge in [-0.1, -0.05) is 106 Å². The standard InChI is InChI=1S/2C17H11.C7H14.2ClH.Zr/c2*1-3-8-14-12(6-1)13-7-2-4-9-15(13)17-11-5-10-16(14)17;1-6(2)5-7(3)4;;;/h2*1-8,10H,9H2;6-7H,1-4H3;2*1H;/q2*-1;;;;+2/p-2. The third-order valence-corrected chi connectivity index (χ3v) is 11.3. The van der Waals surface area contributed by atoms with Gasteiger partial charge in [-0.3, -0.25) is 0 Å². The van der Waals surface area contributed by atoms with Crippen LogP contribution >= 0.6 is 0 Å². The van der Waals surface area contributed by atoms with Crippen molar-refractivity contribution in [2.45, 2.75) is 40.5 Å². The van der Waals surface area contributed by atoms with Crippen molar-refractivity contribution in [3.05, 3.63) is 140 Å². The van der Waals surface area contributed by atoms with Gasteiger partial charge in [-0.15, -0.1) is 44.8 Å². The van der Waals surface area contributed by atoms with Crippen LogP contribution in [0.3, 0.4) is 0 Å². The van der Waals surface area contributed by atoms with Gasteiger partial charge in [-0.05, 0) is 23.6 Å². The van der Waals surface area contributed by atoms with Crippen LogP contribution in [0.1, 0.15) is 49.9 Å². The van der Waals surface area contributed by atoms with Crippen molar-refractivity contribution < 1.29 is 49.0 Å². The molecule has 3 heteroatoms. The third kappa shape index (κ3) is 6.58. The van der Waals surface area contributed by atoms with Crippen molar-refractivity contribution in [2.24, 2.45) is 11.8 Å². The summed E-state index contributed by atoms with van der Waals surface area (Å²) < 4.78 is 1.69. The van der Waals surface area contributed by atoms with Crippen LogP contribution in [0.25, 0.3) is 45.8 Å². The zero-order chi connectivity index (χ0) is 29.2. The summed E-state index contributed by atoms with van der Waals surface area (Å²) in [7, 11) is 0. The van der Waals surface area contributed by atoms with E-state index in [1.807, 2.05) is 12.2 Å². The summed E-state index contributed by atoms with van der Waals surface area (Å²) in [5.41, 5.74) is 5.43. The predicted octanol–water partition coefficient (Wildman–Crippen LogP) is 0.494. The summed E-state index contributed by atoms with van der Waals surface area (Å²) in [5, 5.41) is 10.8. The number of allylic oxidation sites excluding steroid dienone is 6. The molecule has 0 N–H and O–H groups in total. The fourth-order valence-electron chi connectivity index (χ4n) is 6.36. The molecule has 0 amide bonds. The maximum Gasteiger partial charge on any atom is -0.0296 e. The van der Waals surface area contributed by atoms with Gasteiger partial charge in [0.1, 0.15) is 0 Å². The molecular formula is C41H36Cl2Zr-2. The molecule has 4 aliphatic rings. The molecule has 220 valence electrons. The monoisotopic (exact) mass is 688 g/mol. The minimum absolute atomic E-state index is 0. The van der Waals surface area contributed by atoms with Crippen molar-refractivity contribution in [3.8, 4) is 0 Å². The summed E-state index contributed by atoms with van der Waals surface area (Å²) in [6.07, 6.45) is 30.4. The molecule has 0 aliphatic heterocycles. The average Bonchev–Trinajstić information content (AvgIpc) is 3.73. The van der Waals surface area contributed by atoms with E-state index < -0.39 is 0 Å². The normalized spacial score (nSPS) is 13.8. The van der Waals surface area contributed by atoms with Crippen molar-refractivity contribution >= 4 is 49.1 Å². The Morgan fingerprint density at radius 2 is 0.932 bits per heavy atom. The Kier molecular flexibility index (Phi) is 11.6. The maximum atomic E-state index is 3.39. The van der Waals surface area contributed by atoms with Crippen LogP contribution in [-0.2, 0) is 37.1 Å². The first-order chi connectivity index (χ1) is 20.5. The first-order valence-electron chi connectivity index (χ1n) is 15.0. The third-order valence-electron chi connectivity index (χ3n) is 8.45. The molecule has 0 saturated carbocycles. The van der Waals surface area contributed by atoms with E-state index in [1.54, 1.807) is 27.4 Å². The molecule has 0 unspecified atom stereocenters. The Bertz CT molecular complexity index is 1950. The fourth-order valence-corrected chi connectivity index (χ4v) is 6.36. The molecule has 4 aromatic carbocycles. The van der Waals surface area contributed by atoms with Crippen LogP contribution in [0.2, 0.25) is 0 Å². The second kappa shape index (κ2) is 15.0. The molecule has 4 aliphatic carbocycles. The van der Waals surface area contributed by atoms with Crippen LogP contribution in [0.15, 0.2) is 85.0 Å². The molecule has 0 aromatic heterocycles. The summed E-state index contributed by atoms with van der Waals surface area (Å²) in [5.74, 6) is 1.60. The second-order valence-corrected chi connectivity index (χ2v) is 13.2. The largest absolute Gasteiger partial charge is 1.00 e. The van der Waals surface area contributed by atoms with E-state index in [9.17, 15) is 0 Å². The molecular weight excluding hydrogens is 655 g/mol. The van der Waals surface area contributed by atoms with E-state index in [0.29, 0.717) is 0 Å². The van der Waals surface area contributed by atoms with E-state index in [-0.39, 0.29) is 24.8 Å². The molecule has 4 aromatic rings. The summed E-state index contributed by atoms with van der Waals surface area (Å²) in [6.45, 7) is 9.07. The van der Waals surface area contributed by atoms with Gasteiger partial charge in [0.25, 0.3) is 0 Å². The van der Waals surface area contributed by atoms with Gasteiger partial charge in [-0.2, -0.15) is 24.3 Å². The van der Waals surface area contributed by atoms with Crippen molar-refractivity contribution in [1.29, 1.82) is 0 Å². The van der Waals surface area contributed by atoms with E-state index in [1.165, 1.54) is 64.7 Å². The number of halogens is 2. The molecule has 0 saturated heterocycles. The number of fused-ring (bicyclic) bond motifs is 12. The van der Waals surface area contributed by atoms with Gasteiger partial charge < -0.3 is 24.8 Å². The Morgan fingerprint density at radius 3 is 1.27 bits per heavy atom. The SMILES string of the molecule is CC(C)[C](=[Zr+2])C(C)C.[C-]1=CC=c2c1c1c(c3ccccc23)=CC=CC1.[C-]1=CC=c2c1c1c(c3ccccc23)=CC=CC1.[Cl-].[Cl-]. The van der Waals surface area contributed by atoms with Crippen LogP contribution in [0, 0.1) is 24.0 Å². The van der Waals surface area contributed by atoms with Gasteiger partial charge >= 0.3 is 67.0 Å². The van der Waals surface area contributed by atoms with Crippen molar-refractivity contribution in [3.63, 3.8) is 0 Å². The van der Waals surface area contributed by atoms with Crippen LogP contribution in [-0.4, -0.2) is 3.21 Å². The van der Waals surface area contributed by atoms with Gasteiger partial charge in [0.05, 0.1) is 0 Å². The fraction of sp³-hybridized carbons (Fsp3) is 0.195. The van der Waals surface area contributed by atoms with Gasteiger partial charge in [0.15, 0.2) is 0 Å². The summed E-state index contributed by atoms with van der Waals surface area (Å²) in [6, 6.07) is 17.3. The minimum atomic E-state index is 0. The van der Waals surface area contributed by atoms with E-state index in [0.717, 1.165) is 24.7 Å². The van der Waals surface area contributed by atoms with Gasteiger partial charge in [0, 0.05) is 0 Å². The quantitative estimate of drug-likeness (QED) is 0.269. The zero-order valence-corrected chi connectivity index (χ0v) is 29.7. The number of hydrogen-bond donors (Lipinski definition) is 0. The number of benzene rings is 4. The van der Waals surface area contributed by atoms with Gasteiger partial charge in [0.2, 0.25) is 0 Å². The summed E-state index contributed by atoms with van der Waals surface area (Å²) >= 11 is 1.61. The van der Waals surface area contributed by atoms with Gasteiger partial charge in [-0.25, -0.2) is 0 Å². The maximum absolute atomic E-state index is 3.39.